The zero-order valence-electron chi connectivity index (χ0n) is 9.54. The molecule has 1 amide bonds. The molecule has 0 radical (unpaired) electrons. The van der Waals surface area contributed by atoms with Gasteiger partial charge in [-0.3, -0.25) is 4.79 Å². The van der Waals surface area contributed by atoms with Crippen molar-refractivity contribution in [1.82, 2.24) is 5.32 Å². The van der Waals surface area contributed by atoms with Crippen molar-refractivity contribution in [3.8, 4) is 0 Å². The molecule has 5 heteroatoms. The summed E-state index contributed by atoms with van der Waals surface area (Å²) in [4.78, 5) is 11.5. The molecule has 1 aliphatic rings. The van der Waals surface area contributed by atoms with E-state index in [-0.39, 0.29) is 17.4 Å². The third-order valence-electron chi connectivity index (χ3n) is 2.54. The highest BCUT2D eigenvalue weighted by molar-refractivity contribution is 7.91. The monoisotopic (exact) mass is 233 g/mol. The van der Waals surface area contributed by atoms with Crippen LogP contribution >= 0.6 is 0 Å². The van der Waals surface area contributed by atoms with Gasteiger partial charge in [-0.1, -0.05) is 13.8 Å². The van der Waals surface area contributed by atoms with Gasteiger partial charge in [0.25, 0.3) is 0 Å². The second-order valence-electron chi connectivity index (χ2n) is 5.05. The Kier molecular flexibility index (Phi) is 3.43. The molecule has 15 heavy (non-hydrogen) atoms. The first-order valence-electron chi connectivity index (χ1n) is 5.24. The van der Waals surface area contributed by atoms with Gasteiger partial charge in [-0.25, -0.2) is 8.42 Å². The van der Waals surface area contributed by atoms with Gasteiger partial charge in [-0.2, -0.15) is 0 Å². The van der Waals surface area contributed by atoms with E-state index in [4.69, 9.17) is 0 Å². The Labute approximate surface area is 91.4 Å². The number of nitrogens with one attached hydrogen (secondary N) is 1. The van der Waals surface area contributed by atoms with Gasteiger partial charge in [0.2, 0.25) is 5.91 Å². The van der Waals surface area contributed by atoms with E-state index >= 15 is 0 Å². The van der Waals surface area contributed by atoms with Crippen molar-refractivity contribution in [2.24, 2.45) is 5.92 Å². The molecule has 1 N–H and O–H groups in total. The summed E-state index contributed by atoms with van der Waals surface area (Å²) in [5, 5.41) is 2.82. The summed E-state index contributed by atoms with van der Waals surface area (Å²) in [5.74, 6) is 0.506. The van der Waals surface area contributed by atoms with Crippen molar-refractivity contribution < 1.29 is 13.2 Å². The number of amides is 1. The quantitative estimate of drug-likeness (QED) is 0.781. The number of hydrogen-bond donors (Lipinski definition) is 1. The van der Waals surface area contributed by atoms with Crippen molar-refractivity contribution in [2.75, 3.05) is 11.5 Å². The highest BCUT2D eigenvalue weighted by Gasteiger charge is 2.39. The summed E-state index contributed by atoms with van der Waals surface area (Å²) in [6, 6.07) is 0. The number of hydrogen-bond acceptors (Lipinski definition) is 3. The van der Waals surface area contributed by atoms with E-state index in [2.05, 4.69) is 5.32 Å². The van der Waals surface area contributed by atoms with Crippen LogP contribution in [0, 0.1) is 5.92 Å². The van der Waals surface area contributed by atoms with Gasteiger partial charge in [0.1, 0.15) is 0 Å². The Morgan fingerprint density at radius 1 is 1.47 bits per heavy atom. The first kappa shape index (κ1) is 12.5. The third kappa shape index (κ3) is 3.81. The molecule has 1 atom stereocenters. The van der Waals surface area contributed by atoms with Gasteiger partial charge in [-0.05, 0) is 19.3 Å². The molecule has 0 aromatic heterocycles. The van der Waals surface area contributed by atoms with Crippen LogP contribution in [0.4, 0.5) is 0 Å². The van der Waals surface area contributed by atoms with Gasteiger partial charge in [-0.15, -0.1) is 0 Å². The number of carbonyl (C=O) groups excluding carboxylic acids is 1. The van der Waals surface area contributed by atoms with Crippen LogP contribution in [-0.2, 0) is 14.6 Å². The molecule has 0 saturated carbocycles. The molecule has 0 spiro atoms. The summed E-state index contributed by atoms with van der Waals surface area (Å²) >= 11 is 0. The molecule has 1 rings (SSSR count). The number of carbonyl (C=O) groups is 1. The lowest BCUT2D eigenvalue weighted by atomic mass is 10.0. The normalized spacial score (nSPS) is 29.3. The van der Waals surface area contributed by atoms with E-state index in [0.29, 0.717) is 18.8 Å². The maximum Gasteiger partial charge on any atom is 0.220 e. The lowest BCUT2D eigenvalue weighted by molar-refractivity contribution is -0.123. The molecule has 1 aliphatic heterocycles. The molecular weight excluding hydrogens is 214 g/mol. The highest BCUT2D eigenvalue weighted by Crippen LogP contribution is 2.23. The average molecular weight is 233 g/mol. The molecule has 1 unspecified atom stereocenters. The molecule has 0 aromatic rings. The van der Waals surface area contributed by atoms with Gasteiger partial charge in [0, 0.05) is 6.42 Å². The van der Waals surface area contributed by atoms with Crippen LogP contribution in [0.2, 0.25) is 0 Å². The molecule has 1 fully saturated rings. The van der Waals surface area contributed by atoms with Crippen LogP contribution in [0.15, 0.2) is 0 Å². The minimum atomic E-state index is -2.94. The predicted octanol–water partition coefficient (Wildman–Crippen LogP) is 0.726. The summed E-state index contributed by atoms with van der Waals surface area (Å²) in [5.41, 5.74) is -0.551. The fraction of sp³-hybridized carbons (Fsp3) is 0.900. The Bertz CT molecular complexity index is 348. The van der Waals surface area contributed by atoms with E-state index in [9.17, 15) is 13.2 Å². The molecule has 0 aliphatic carbocycles. The van der Waals surface area contributed by atoms with E-state index in [0.717, 1.165) is 0 Å². The molecule has 0 bridgehead atoms. The molecule has 1 saturated heterocycles. The SMILES string of the molecule is CC(C)CC(=O)NC1(C)CCS(=O)(=O)C1. The Hall–Kier alpha value is -0.580. The Morgan fingerprint density at radius 3 is 2.47 bits per heavy atom. The van der Waals surface area contributed by atoms with Crippen molar-refractivity contribution in [3.63, 3.8) is 0 Å². The second-order valence-corrected chi connectivity index (χ2v) is 7.23. The third-order valence-corrected chi connectivity index (χ3v) is 4.44. The zero-order valence-corrected chi connectivity index (χ0v) is 10.4. The molecular formula is C10H19NO3S. The Morgan fingerprint density at radius 2 is 2.07 bits per heavy atom. The average Bonchev–Trinajstić information content (AvgIpc) is 2.22. The number of rotatable bonds is 3. The molecule has 4 nitrogen and oxygen atoms in total. The van der Waals surface area contributed by atoms with Gasteiger partial charge in [0.05, 0.1) is 17.0 Å². The van der Waals surface area contributed by atoms with E-state index in [1.54, 1.807) is 6.92 Å². The van der Waals surface area contributed by atoms with Gasteiger partial charge < -0.3 is 5.32 Å². The minimum Gasteiger partial charge on any atom is -0.350 e. The van der Waals surface area contributed by atoms with Crippen molar-refractivity contribution in [1.29, 1.82) is 0 Å². The first-order valence-corrected chi connectivity index (χ1v) is 7.06. The summed E-state index contributed by atoms with van der Waals surface area (Å²) in [6.45, 7) is 5.73. The van der Waals surface area contributed by atoms with Crippen LogP contribution in [0.1, 0.15) is 33.6 Å². The summed E-state index contributed by atoms with van der Waals surface area (Å²) in [7, 11) is -2.94. The van der Waals surface area contributed by atoms with Crippen LogP contribution in [-0.4, -0.2) is 31.4 Å². The summed E-state index contributed by atoms with van der Waals surface area (Å²) in [6.07, 6.45) is 0.981. The molecule has 0 aromatic carbocycles. The summed E-state index contributed by atoms with van der Waals surface area (Å²) < 4.78 is 22.6. The van der Waals surface area contributed by atoms with E-state index in [1.165, 1.54) is 0 Å². The molecule has 1 heterocycles. The van der Waals surface area contributed by atoms with Gasteiger partial charge >= 0.3 is 0 Å². The van der Waals surface area contributed by atoms with Crippen LogP contribution in [0.3, 0.4) is 0 Å². The van der Waals surface area contributed by atoms with Gasteiger partial charge in [0.15, 0.2) is 9.84 Å². The first-order chi connectivity index (χ1) is 6.72. The largest absolute Gasteiger partial charge is 0.350 e. The standard InChI is InChI=1S/C10H19NO3S/c1-8(2)6-9(12)11-10(3)4-5-15(13,14)7-10/h8H,4-7H2,1-3H3,(H,11,12). The second kappa shape index (κ2) is 4.12. The fourth-order valence-corrected chi connectivity index (χ4v) is 3.96. The highest BCUT2D eigenvalue weighted by atomic mass is 32.2. The van der Waals surface area contributed by atoms with Crippen LogP contribution in [0.5, 0.6) is 0 Å². The van der Waals surface area contributed by atoms with E-state index in [1.807, 2.05) is 13.8 Å². The predicted molar refractivity (Wildman–Crippen MR) is 59.3 cm³/mol. The van der Waals surface area contributed by atoms with Crippen molar-refractivity contribution >= 4 is 15.7 Å². The lowest BCUT2D eigenvalue weighted by Crippen LogP contribution is -2.47. The Balaban J connectivity index is 2.55. The maximum absolute atomic E-state index is 11.5. The fourth-order valence-electron chi connectivity index (χ4n) is 1.87. The maximum atomic E-state index is 11.5. The van der Waals surface area contributed by atoms with Crippen LogP contribution < -0.4 is 5.32 Å². The minimum absolute atomic E-state index is 0.0513. The van der Waals surface area contributed by atoms with Crippen molar-refractivity contribution in [3.05, 3.63) is 0 Å². The lowest BCUT2D eigenvalue weighted by Gasteiger charge is -2.24. The topological polar surface area (TPSA) is 63.2 Å². The van der Waals surface area contributed by atoms with Crippen molar-refractivity contribution in [2.45, 2.75) is 39.2 Å². The smallest absolute Gasteiger partial charge is 0.220 e. The zero-order chi connectivity index (χ0) is 11.7. The number of sulfone groups is 1. The van der Waals surface area contributed by atoms with E-state index < -0.39 is 15.4 Å². The van der Waals surface area contributed by atoms with Crippen LogP contribution in [0.25, 0.3) is 0 Å². The molecule has 88 valence electrons.